The predicted molar refractivity (Wildman–Crippen MR) is 108 cm³/mol. The molecule has 0 radical (unpaired) electrons. The number of carbonyl (C=O) groups excluding carboxylic acids is 2. The lowest BCUT2D eigenvalue weighted by Gasteiger charge is -2.24. The Labute approximate surface area is 160 Å². The van der Waals surface area contributed by atoms with Crippen LogP contribution in [0.4, 0.5) is 11.4 Å². The molecular weight excluding hydrogens is 348 g/mol. The van der Waals surface area contributed by atoms with Crippen molar-refractivity contribution in [2.45, 2.75) is 41.0 Å². The van der Waals surface area contributed by atoms with Crippen LogP contribution in [0.25, 0.3) is 0 Å². The average molecular weight is 373 g/mol. The second kappa shape index (κ2) is 8.37. The molecule has 0 unspecified atom stereocenters. The van der Waals surface area contributed by atoms with Gasteiger partial charge < -0.3 is 10.2 Å². The molecule has 0 aliphatic heterocycles. The average Bonchev–Trinajstić information content (AvgIpc) is 2.52. The number of hydrogen-bond donors (Lipinski definition) is 1. The molecule has 0 fully saturated rings. The van der Waals surface area contributed by atoms with E-state index < -0.39 is 0 Å². The lowest BCUT2D eigenvalue weighted by atomic mass is 10.1. The van der Waals surface area contributed by atoms with Crippen molar-refractivity contribution in [1.82, 2.24) is 0 Å². The molecule has 0 aliphatic carbocycles. The highest BCUT2D eigenvalue weighted by Gasteiger charge is 2.19. The van der Waals surface area contributed by atoms with Crippen molar-refractivity contribution in [2.75, 3.05) is 16.8 Å². The highest BCUT2D eigenvalue weighted by atomic mass is 35.5. The van der Waals surface area contributed by atoms with Gasteiger partial charge in [0.05, 0.1) is 10.7 Å². The molecule has 0 saturated heterocycles. The summed E-state index contributed by atoms with van der Waals surface area (Å²) in [4.78, 5) is 26.0. The van der Waals surface area contributed by atoms with Gasteiger partial charge in [0.2, 0.25) is 11.8 Å². The Balaban J connectivity index is 2.10. The molecule has 4 nitrogen and oxygen atoms in total. The number of benzene rings is 2. The summed E-state index contributed by atoms with van der Waals surface area (Å²) in [7, 11) is 0. The van der Waals surface area contributed by atoms with E-state index in [0.717, 1.165) is 22.4 Å². The third kappa shape index (κ3) is 4.85. The molecule has 0 bridgehead atoms. The fraction of sp³-hybridized carbons (Fsp3) is 0.333. The quantitative estimate of drug-likeness (QED) is 0.806. The van der Waals surface area contributed by atoms with Crippen LogP contribution in [0.2, 0.25) is 5.02 Å². The van der Waals surface area contributed by atoms with Crippen LogP contribution >= 0.6 is 11.6 Å². The number of hydrogen-bond acceptors (Lipinski definition) is 2. The molecule has 2 amide bonds. The van der Waals surface area contributed by atoms with Gasteiger partial charge in [-0.3, -0.25) is 9.59 Å². The molecule has 1 N–H and O–H groups in total. The molecule has 0 aromatic heterocycles. The van der Waals surface area contributed by atoms with Gasteiger partial charge in [0.1, 0.15) is 0 Å². The van der Waals surface area contributed by atoms with Gasteiger partial charge >= 0.3 is 0 Å². The predicted octanol–water partition coefficient (Wildman–Crippen LogP) is 4.96. The lowest BCUT2D eigenvalue weighted by molar-refractivity contribution is -0.117. The first kappa shape index (κ1) is 20.0. The Kier molecular flexibility index (Phi) is 6.43. The Morgan fingerprint density at radius 2 is 1.69 bits per heavy atom. The SMILES string of the molecule is CC(=O)N(CCC(=O)Nc1ccc(C)c(C)c1)c1c(C)cc(C)cc1Cl. The van der Waals surface area contributed by atoms with Crippen molar-refractivity contribution in [3.63, 3.8) is 0 Å². The van der Waals surface area contributed by atoms with E-state index in [4.69, 9.17) is 11.6 Å². The van der Waals surface area contributed by atoms with E-state index in [2.05, 4.69) is 5.32 Å². The number of amides is 2. The van der Waals surface area contributed by atoms with E-state index in [9.17, 15) is 9.59 Å². The van der Waals surface area contributed by atoms with Crippen LogP contribution in [0.5, 0.6) is 0 Å². The molecule has 2 aromatic rings. The summed E-state index contributed by atoms with van der Waals surface area (Å²) in [6.07, 6.45) is 0.191. The maximum atomic E-state index is 12.3. The van der Waals surface area contributed by atoms with E-state index >= 15 is 0 Å². The maximum Gasteiger partial charge on any atom is 0.226 e. The van der Waals surface area contributed by atoms with E-state index in [0.29, 0.717) is 10.7 Å². The third-order valence-electron chi connectivity index (χ3n) is 4.40. The molecule has 0 aliphatic rings. The third-order valence-corrected chi connectivity index (χ3v) is 4.69. The van der Waals surface area contributed by atoms with Crippen molar-refractivity contribution < 1.29 is 9.59 Å². The Morgan fingerprint density at radius 3 is 2.27 bits per heavy atom. The molecule has 26 heavy (non-hydrogen) atoms. The number of anilines is 2. The van der Waals surface area contributed by atoms with Gasteiger partial charge in [-0.1, -0.05) is 23.7 Å². The summed E-state index contributed by atoms with van der Waals surface area (Å²) >= 11 is 6.36. The van der Waals surface area contributed by atoms with Gasteiger partial charge in [0.25, 0.3) is 0 Å². The highest BCUT2D eigenvalue weighted by molar-refractivity contribution is 6.34. The molecule has 2 rings (SSSR count). The van der Waals surface area contributed by atoms with Crippen LogP contribution in [-0.2, 0) is 9.59 Å². The number of rotatable bonds is 5. The number of nitrogens with zero attached hydrogens (tertiary/aromatic N) is 1. The van der Waals surface area contributed by atoms with E-state index in [1.165, 1.54) is 12.5 Å². The summed E-state index contributed by atoms with van der Waals surface area (Å²) in [6.45, 7) is 9.66. The van der Waals surface area contributed by atoms with Gasteiger partial charge in [0, 0.05) is 25.6 Å². The Morgan fingerprint density at radius 1 is 1.00 bits per heavy atom. The van der Waals surface area contributed by atoms with Gasteiger partial charge in [-0.2, -0.15) is 0 Å². The minimum atomic E-state index is -0.141. The normalized spacial score (nSPS) is 10.5. The number of aryl methyl sites for hydroxylation is 4. The molecule has 138 valence electrons. The van der Waals surface area contributed by atoms with Crippen LogP contribution in [0.1, 0.15) is 35.6 Å². The van der Waals surface area contributed by atoms with Gasteiger partial charge in [-0.25, -0.2) is 0 Å². The van der Waals surface area contributed by atoms with Crippen molar-refractivity contribution >= 4 is 34.8 Å². The Bertz CT molecular complexity index is 823. The first-order valence-corrected chi connectivity index (χ1v) is 8.98. The topological polar surface area (TPSA) is 49.4 Å². The van der Waals surface area contributed by atoms with Crippen molar-refractivity contribution in [3.05, 3.63) is 57.6 Å². The molecular formula is C21H25ClN2O2. The first-order valence-electron chi connectivity index (χ1n) is 8.61. The molecule has 0 saturated carbocycles. The zero-order valence-corrected chi connectivity index (χ0v) is 16.7. The summed E-state index contributed by atoms with van der Waals surface area (Å²) in [5, 5.41) is 3.40. The van der Waals surface area contributed by atoms with E-state index in [-0.39, 0.29) is 24.8 Å². The zero-order valence-electron chi connectivity index (χ0n) is 15.9. The molecule has 0 heterocycles. The minimum Gasteiger partial charge on any atom is -0.326 e. The van der Waals surface area contributed by atoms with Crippen LogP contribution in [-0.4, -0.2) is 18.4 Å². The number of halogens is 1. The monoisotopic (exact) mass is 372 g/mol. The van der Waals surface area contributed by atoms with Crippen LogP contribution in [0, 0.1) is 27.7 Å². The summed E-state index contributed by atoms with van der Waals surface area (Å²) < 4.78 is 0. The minimum absolute atomic E-state index is 0.139. The standard InChI is InChI=1S/C21H25ClN2O2/c1-13-10-16(4)21(19(22)11-13)24(17(5)25)9-8-20(26)23-18-7-6-14(2)15(3)12-18/h6-7,10-12H,8-9H2,1-5H3,(H,23,26). The molecule has 5 heteroatoms. The molecule has 2 aromatic carbocycles. The largest absolute Gasteiger partial charge is 0.326 e. The first-order chi connectivity index (χ1) is 12.2. The fourth-order valence-corrected chi connectivity index (χ4v) is 3.36. The van der Waals surface area contributed by atoms with E-state index in [1.54, 1.807) is 4.90 Å². The Hall–Kier alpha value is -2.33. The van der Waals surface area contributed by atoms with Crippen molar-refractivity contribution in [1.29, 1.82) is 0 Å². The maximum absolute atomic E-state index is 12.3. The number of nitrogens with one attached hydrogen (secondary N) is 1. The fourth-order valence-electron chi connectivity index (χ4n) is 2.93. The number of carbonyl (C=O) groups is 2. The van der Waals surface area contributed by atoms with Gasteiger partial charge in [-0.05, 0) is 68.1 Å². The smallest absolute Gasteiger partial charge is 0.226 e. The summed E-state index contributed by atoms with van der Waals surface area (Å²) in [5.41, 5.74) is 5.68. The second-order valence-corrected chi connectivity index (χ2v) is 7.09. The second-order valence-electron chi connectivity index (χ2n) is 6.68. The van der Waals surface area contributed by atoms with Gasteiger partial charge in [0.15, 0.2) is 0 Å². The molecule has 0 spiro atoms. The van der Waals surface area contributed by atoms with Crippen LogP contribution in [0.15, 0.2) is 30.3 Å². The molecule has 0 atom stereocenters. The van der Waals surface area contributed by atoms with Crippen molar-refractivity contribution in [3.8, 4) is 0 Å². The van der Waals surface area contributed by atoms with E-state index in [1.807, 2.05) is 58.0 Å². The lowest BCUT2D eigenvalue weighted by Crippen LogP contribution is -2.32. The highest BCUT2D eigenvalue weighted by Crippen LogP contribution is 2.31. The summed E-state index contributed by atoms with van der Waals surface area (Å²) in [6, 6.07) is 9.60. The summed E-state index contributed by atoms with van der Waals surface area (Å²) in [5.74, 6) is -0.279. The van der Waals surface area contributed by atoms with Crippen LogP contribution in [0.3, 0.4) is 0 Å². The van der Waals surface area contributed by atoms with Crippen molar-refractivity contribution in [2.24, 2.45) is 0 Å². The van der Waals surface area contributed by atoms with Crippen LogP contribution < -0.4 is 10.2 Å². The van der Waals surface area contributed by atoms with Gasteiger partial charge in [-0.15, -0.1) is 0 Å². The zero-order chi connectivity index (χ0) is 19.4.